The Morgan fingerprint density at radius 3 is 2.62 bits per heavy atom. The van der Waals surface area contributed by atoms with Crippen LogP contribution in [0.1, 0.15) is 23.5 Å². The summed E-state index contributed by atoms with van der Waals surface area (Å²) >= 11 is 0. The molecule has 1 saturated carbocycles. The third-order valence-corrected chi connectivity index (χ3v) is 4.05. The van der Waals surface area contributed by atoms with Crippen molar-refractivity contribution in [2.45, 2.75) is 18.8 Å². The molecule has 1 amide bonds. The van der Waals surface area contributed by atoms with Gasteiger partial charge in [0.25, 0.3) is 0 Å². The van der Waals surface area contributed by atoms with E-state index < -0.39 is 17.6 Å². The summed E-state index contributed by atoms with van der Waals surface area (Å²) in [6, 6.07) is 10.3. The normalized spacial score (nSPS) is 18.9. The van der Waals surface area contributed by atoms with Crippen LogP contribution in [0.3, 0.4) is 0 Å². The third kappa shape index (κ3) is 3.59. The second kappa shape index (κ2) is 6.39. The van der Waals surface area contributed by atoms with Gasteiger partial charge >= 0.3 is 5.97 Å². The van der Waals surface area contributed by atoms with Crippen LogP contribution in [0.5, 0.6) is 0 Å². The van der Waals surface area contributed by atoms with Crippen molar-refractivity contribution in [2.75, 3.05) is 5.32 Å². The number of nitrogens with one attached hydrogen (secondary N) is 1. The van der Waals surface area contributed by atoms with Crippen LogP contribution in [0.25, 0.3) is 0 Å². The zero-order valence-electron chi connectivity index (χ0n) is 12.6. The molecule has 6 heteroatoms. The summed E-state index contributed by atoms with van der Waals surface area (Å²) in [5, 5.41) is 11.5. The first-order chi connectivity index (χ1) is 11.4. The minimum absolute atomic E-state index is 0.120. The molecule has 1 fully saturated rings. The zero-order valence-corrected chi connectivity index (χ0v) is 12.6. The number of aliphatic carboxylic acids is 1. The molecular weight excluding hydrogens is 316 g/mol. The fraction of sp³-hybridized carbons (Fsp3) is 0.222. The molecule has 0 saturated heterocycles. The Kier molecular flexibility index (Phi) is 4.29. The summed E-state index contributed by atoms with van der Waals surface area (Å²) in [5.74, 6) is -3.40. The fourth-order valence-electron chi connectivity index (χ4n) is 2.76. The highest BCUT2D eigenvalue weighted by molar-refractivity contribution is 5.95. The number of carboxylic acids is 1. The van der Waals surface area contributed by atoms with Gasteiger partial charge in [-0.2, -0.15) is 0 Å². The molecule has 3 rings (SSSR count). The average molecular weight is 331 g/mol. The van der Waals surface area contributed by atoms with E-state index >= 15 is 0 Å². The predicted octanol–water partition coefficient (Wildman–Crippen LogP) is 3.33. The minimum atomic E-state index is -0.945. The van der Waals surface area contributed by atoms with Gasteiger partial charge < -0.3 is 10.4 Å². The number of rotatable bonds is 5. The molecule has 0 spiro atoms. The molecule has 1 aliphatic carbocycles. The van der Waals surface area contributed by atoms with Gasteiger partial charge in [0, 0.05) is 11.6 Å². The first kappa shape index (κ1) is 16.1. The van der Waals surface area contributed by atoms with Crippen LogP contribution in [-0.2, 0) is 16.0 Å². The Labute approximate surface area is 137 Å². The highest BCUT2D eigenvalue weighted by atomic mass is 19.2. The van der Waals surface area contributed by atoms with Crippen LogP contribution in [0.2, 0.25) is 0 Å². The van der Waals surface area contributed by atoms with Crippen molar-refractivity contribution in [2.24, 2.45) is 5.92 Å². The number of carboxylic acid groups (broad SMARTS) is 1. The predicted molar refractivity (Wildman–Crippen MR) is 83.6 cm³/mol. The number of halogens is 2. The molecule has 2 aromatic carbocycles. The van der Waals surface area contributed by atoms with Crippen molar-refractivity contribution >= 4 is 17.6 Å². The molecule has 0 radical (unpaired) electrons. The van der Waals surface area contributed by atoms with E-state index in [4.69, 9.17) is 5.11 Å². The van der Waals surface area contributed by atoms with Crippen molar-refractivity contribution in [3.05, 3.63) is 65.2 Å². The van der Waals surface area contributed by atoms with E-state index in [1.807, 2.05) is 0 Å². The maximum absolute atomic E-state index is 13.3. The van der Waals surface area contributed by atoms with Gasteiger partial charge in [-0.1, -0.05) is 18.2 Å². The Bertz CT molecular complexity index is 807. The van der Waals surface area contributed by atoms with Crippen molar-refractivity contribution in [3.63, 3.8) is 0 Å². The standard InChI is InChI=1S/C18H15F2NO3/c19-15-5-4-11(8-16(15)20)13-9-14(13)18(24)21-12-3-1-2-10(6-12)7-17(22)23/h1-6,8,13-14H,7,9H2,(H,21,24)(H,22,23)/t13-,14-/m0/s1. The molecule has 124 valence electrons. The molecule has 0 aromatic heterocycles. The lowest BCUT2D eigenvalue weighted by molar-refractivity contribution is -0.136. The molecule has 0 bridgehead atoms. The molecule has 1 aliphatic rings. The van der Waals surface area contributed by atoms with E-state index in [1.54, 1.807) is 24.3 Å². The van der Waals surface area contributed by atoms with E-state index in [0.717, 1.165) is 12.1 Å². The van der Waals surface area contributed by atoms with Gasteiger partial charge in [-0.05, 0) is 47.7 Å². The number of anilines is 1. The maximum atomic E-state index is 13.3. The first-order valence-electron chi connectivity index (χ1n) is 7.50. The van der Waals surface area contributed by atoms with E-state index in [2.05, 4.69) is 5.32 Å². The lowest BCUT2D eigenvalue weighted by atomic mass is 10.1. The lowest BCUT2D eigenvalue weighted by Crippen LogP contribution is -2.15. The molecule has 2 N–H and O–H groups in total. The Hall–Kier alpha value is -2.76. The van der Waals surface area contributed by atoms with Gasteiger partial charge in [-0.25, -0.2) is 8.78 Å². The number of benzene rings is 2. The quantitative estimate of drug-likeness (QED) is 0.883. The molecular formula is C18H15F2NO3. The SMILES string of the molecule is O=C(O)Cc1cccc(NC(=O)[C@H]2C[C@H]2c2ccc(F)c(F)c2)c1. The molecule has 0 unspecified atom stereocenters. The first-order valence-corrected chi connectivity index (χ1v) is 7.50. The van der Waals surface area contributed by atoms with Crippen LogP contribution in [0.15, 0.2) is 42.5 Å². The number of hydrogen-bond acceptors (Lipinski definition) is 2. The topological polar surface area (TPSA) is 66.4 Å². The van der Waals surface area contributed by atoms with Gasteiger partial charge in [0.1, 0.15) is 0 Å². The van der Waals surface area contributed by atoms with Crippen molar-refractivity contribution < 1.29 is 23.5 Å². The number of amides is 1. The number of hydrogen-bond donors (Lipinski definition) is 2. The monoisotopic (exact) mass is 331 g/mol. The highest BCUT2D eigenvalue weighted by Gasteiger charge is 2.44. The van der Waals surface area contributed by atoms with Gasteiger partial charge in [0.15, 0.2) is 11.6 Å². The fourth-order valence-corrected chi connectivity index (χ4v) is 2.76. The summed E-state index contributed by atoms with van der Waals surface area (Å²) < 4.78 is 26.2. The van der Waals surface area contributed by atoms with Crippen LogP contribution < -0.4 is 5.32 Å². The van der Waals surface area contributed by atoms with Crippen LogP contribution in [0.4, 0.5) is 14.5 Å². The lowest BCUT2D eigenvalue weighted by Gasteiger charge is -2.07. The smallest absolute Gasteiger partial charge is 0.307 e. The van der Waals surface area contributed by atoms with Gasteiger partial charge in [-0.15, -0.1) is 0 Å². The van der Waals surface area contributed by atoms with Gasteiger partial charge in [0.2, 0.25) is 5.91 Å². The van der Waals surface area contributed by atoms with Crippen LogP contribution in [0, 0.1) is 17.6 Å². The summed E-state index contributed by atoms with van der Waals surface area (Å²) in [5.41, 5.74) is 1.72. The molecule has 0 aliphatic heterocycles. The summed E-state index contributed by atoms with van der Waals surface area (Å²) in [6.07, 6.45) is 0.455. The number of carbonyl (C=O) groups is 2. The molecule has 24 heavy (non-hydrogen) atoms. The second-order valence-electron chi connectivity index (χ2n) is 5.88. The molecule has 2 atom stereocenters. The van der Waals surface area contributed by atoms with E-state index in [-0.39, 0.29) is 24.2 Å². The van der Waals surface area contributed by atoms with E-state index in [0.29, 0.717) is 23.2 Å². The number of carbonyl (C=O) groups excluding carboxylic acids is 1. The van der Waals surface area contributed by atoms with Crippen LogP contribution >= 0.6 is 0 Å². The van der Waals surface area contributed by atoms with Crippen molar-refractivity contribution in [3.8, 4) is 0 Å². The van der Waals surface area contributed by atoms with Gasteiger partial charge in [0.05, 0.1) is 6.42 Å². The summed E-state index contributed by atoms with van der Waals surface area (Å²) in [4.78, 5) is 23.0. The molecule has 0 heterocycles. The Morgan fingerprint density at radius 1 is 1.12 bits per heavy atom. The second-order valence-corrected chi connectivity index (χ2v) is 5.88. The maximum Gasteiger partial charge on any atom is 0.307 e. The van der Waals surface area contributed by atoms with Crippen LogP contribution in [-0.4, -0.2) is 17.0 Å². The third-order valence-electron chi connectivity index (χ3n) is 4.05. The average Bonchev–Trinajstić information content (AvgIpc) is 3.30. The Balaban J connectivity index is 1.64. The van der Waals surface area contributed by atoms with Crippen molar-refractivity contribution in [1.29, 1.82) is 0 Å². The summed E-state index contributed by atoms with van der Waals surface area (Å²) in [6.45, 7) is 0. The van der Waals surface area contributed by atoms with E-state index in [1.165, 1.54) is 6.07 Å². The largest absolute Gasteiger partial charge is 0.481 e. The highest BCUT2D eigenvalue weighted by Crippen LogP contribution is 2.48. The van der Waals surface area contributed by atoms with Gasteiger partial charge in [-0.3, -0.25) is 9.59 Å². The summed E-state index contributed by atoms with van der Waals surface area (Å²) in [7, 11) is 0. The molecule has 4 nitrogen and oxygen atoms in total. The van der Waals surface area contributed by atoms with E-state index in [9.17, 15) is 18.4 Å². The van der Waals surface area contributed by atoms with Crippen molar-refractivity contribution in [1.82, 2.24) is 0 Å². The zero-order chi connectivity index (χ0) is 17.3. The Morgan fingerprint density at radius 2 is 1.92 bits per heavy atom. The minimum Gasteiger partial charge on any atom is -0.481 e. The molecule has 2 aromatic rings.